The van der Waals surface area contributed by atoms with E-state index in [0.717, 1.165) is 20.8 Å². The highest BCUT2D eigenvalue weighted by Gasteiger charge is 2.15. The van der Waals surface area contributed by atoms with Crippen LogP contribution in [0.3, 0.4) is 0 Å². The van der Waals surface area contributed by atoms with Crippen molar-refractivity contribution in [2.75, 3.05) is 0 Å². The summed E-state index contributed by atoms with van der Waals surface area (Å²) in [6, 6.07) is 7.74. The molecule has 0 atom stereocenters. The summed E-state index contributed by atoms with van der Waals surface area (Å²) in [5, 5.41) is 0.788. The first-order valence-electron chi connectivity index (χ1n) is 8.21. The summed E-state index contributed by atoms with van der Waals surface area (Å²) in [4.78, 5) is 24.6. The van der Waals surface area contributed by atoms with E-state index in [1.54, 1.807) is 13.8 Å². The van der Waals surface area contributed by atoms with Crippen LogP contribution < -0.4 is 0 Å². The van der Waals surface area contributed by atoms with Gasteiger partial charge in [-0.1, -0.05) is 12.1 Å². The molecule has 0 N–H and O–H groups in total. The molecule has 0 saturated heterocycles. The number of benzene rings is 1. The Morgan fingerprint density at radius 2 is 1.89 bits per heavy atom. The van der Waals surface area contributed by atoms with Crippen molar-refractivity contribution >= 4 is 39.3 Å². The lowest BCUT2D eigenvalue weighted by molar-refractivity contribution is -0.144. The summed E-state index contributed by atoms with van der Waals surface area (Å²) >= 11 is 1.81. The van der Waals surface area contributed by atoms with Crippen molar-refractivity contribution in [2.45, 2.75) is 44.2 Å². The van der Waals surface area contributed by atoms with Gasteiger partial charge in [-0.05, 0) is 49.7 Å². The molecule has 0 saturated carbocycles. The van der Waals surface area contributed by atoms with Gasteiger partial charge in [0.25, 0.3) is 5.76 Å². The number of ether oxygens (including phenoxy) is 1. The minimum Gasteiger partial charge on any atom is -0.458 e. The van der Waals surface area contributed by atoms with Crippen molar-refractivity contribution in [3.05, 3.63) is 46.2 Å². The number of alkyl halides is 2. The van der Waals surface area contributed by atoms with Crippen LogP contribution in [0, 0.1) is 13.8 Å². The number of aryl methyl sites for hydroxylation is 2. The molecule has 0 bridgehead atoms. The van der Waals surface area contributed by atoms with E-state index in [-0.39, 0.29) is 24.2 Å². The predicted molar refractivity (Wildman–Crippen MR) is 101 cm³/mol. The number of carbonyl (C=O) groups excluding carboxylic acids is 1. The summed E-state index contributed by atoms with van der Waals surface area (Å²) < 4.78 is 31.2. The van der Waals surface area contributed by atoms with Gasteiger partial charge in [0, 0.05) is 17.8 Å². The van der Waals surface area contributed by atoms with Crippen LogP contribution in [0.1, 0.15) is 28.4 Å². The highest BCUT2D eigenvalue weighted by atomic mass is 32.2. The number of rotatable bonds is 7. The van der Waals surface area contributed by atoms with Gasteiger partial charge >= 0.3 is 5.97 Å². The topological polar surface area (TPSA) is 65.0 Å². The lowest BCUT2D eigenvalue weighted by atomic mass is 10.1. The number of thiazole rings is 1. The van der Waals surface area contributed by atoms with Crippen LogP contribution >= 0.6 is 23.1 Å². The first-order valence-corrected chi connectivity index (χ1v) is 9.91. The third-order valence-electron chi connectivity index (χ3n) is 3.87. The SMILES string of the molecule is Cc1nc(SC(F)F)nc(C)c1CCC(=O)OCc1nc2ccccc2s1. The molecule has 0 aliphatic carbocycles. The van der Waals surface area contributed by atoms with Gasteiger partial charge in [0.15, 0.2) is 5.16 Å². The molecule has 142 valence electrons. The molecule has 27 heavy (non-hydrogen) atoms. The fraction of sp³-hybridized carbons (Fsp3) is 0.333. The van der Waals surface area contributed by atoms with Crippen LogP contribution in [0.2, 0.25) is 0 Å². The fourth-order valence-electron chi connectivity index (χ4n) is 2.63. The standard InChI is InChI=1S/C18H17F2N3O2S2/c1-10-12(11(2)22-18(21-10)27-17(19)20)7-8-16(24)25-9-15-23-13-5-3-4-6-14(13)26-15/h3-6,17H,7-9H2,1-2H3. The molecule has 3 aromatic rings. The van der Waals surface area contributed by atoms with Gasteiger partial charge < -0.3 is 4.74 Å². The van der Waals surface area contributed by atoms with Gasteiger partial charge in [-0.3, -0.25) is 4.79 Å². The number of halogens is 2. The zero-order chi connectivity index (χ0) is 19.4. The summed E-state index contributed by atoms with van der Waals surface area (Å²) in [6.45, 7) is 3.59. The summed E-state index contributed by atoms with van der Waals surface area (Å²) in [7, 11) is 0. The second-order valence-electron chi connectivity index (χ2n) is 5.77. The van der Waals surface area contributed by atoms with Crippen molar-refractivity contribution in [3.8, 4) is 0 Å². The molecule has 2 heterocycles. The Kier molecular flexibility index (Phi) is 6.33. The number of nitrogens with zero attached hydrogens (tertiary/aromatic N) is 3. The average molecular weight is 409 g/mol. The highest BCUT2D eigenvalue weighted by molar-refractivity contribution is 7.99. The second-order valence-corrected chi connectivity index (χ2v) is 7.84. The van der Waals surface area contributed by atoms with Crippen LogP contribution in [0.4, 0.5) is 8.78 Å². The molecule has 0 fully saturated rings. The molecule has 3 rings (SSSR count). The van der Waals surface area contributed by atoms with Crippen molar-refractivity contribution in [2.24, 2.45) is 0 Å². The zero-order valence-corrected chi connectivity index (χ0v) is 16.4. The first-order chi connectivity index (χ1) is 12.9. The molecule has 0 spiro atoms. The first kappa shape index (κ1) is 19.6. The van der Waals surface area contributed by atoms with E-state index in [1.807, 2.05) is 24.3 Å². The van der Waals surface area contributed by atoms with Gasteiger partial charge in [-0.15, -0.1) is 11.3 Å². The number of carbonyl (C=O) groups is 1. The Morgan fingerprint density at radius 3 is 2.56 bits per heavy atom. The molecular formula is C18H17F2N3O2S2. The summed E-state index contributed by atoms with van der Waals surface area (Å²) in [5.74, 6) is -2.91. The maximum absolute atomic E-state index is 12.4. The predicted octanol–water partition coefficient (Wildman–Crippen LogP) is 4.69. The maximum Gasteiger partial charge on any atom is 0.306 e. The summed E-state index contributed by atoms with van der Waals surface area (Å²) in [6.07, 6.45) is 0.563. The number of hydrogen-bond acceptors (Lipinski definition) is 7. The monoisotopic (exact) mass is 409 g/mol. The van der Waals surface area contributed by atoms with E-state index in [9.17, 15) is 13.6 Å². The molecular weight excluding hydrogens is 392 g/mol. The van der Waals surface area contributed by atoms with Crippen LogP contribution in [-0.2, 0) is 22.6 Å². The minimum absolute atomic E-state index is 0.0437. The van der Waals surface area contributed by atoms with Crippen LogP contribution in [-0.4, -0.2) is 26.7 Å². The van der Waals surface area contributed by atoms with E-state index in [2.05, 4.69) is 15.0 Å². The third kappa shape index (κ3) is 5.20. The van der Waals surface area contributed by atoms with E-state index >= 15 is 0 Å². The Labute approximate surface area is 163 Å². The number of hydrogen-bond donors (Lipinski definition) is 0. The lowest BCUT2D eigenvalue weighted by Crippen LogP contribution is -2.09. The van der Waals surface area contributed by atoms with Crippen LogP contribution in [0.25, 0.3) is 10.2 Å². The van der Waals surface area contributed by atoms with Gasteiger partial charge in [0.05, 0.1) is 10.2 Å². The Bertz CT molecular complexity index is 907. The van der Waals surface area contributed by atoms with Crippen molar-refractivity contribution in [3.63, 3.8) is 0 Å². The van der Waals surface area contributed by atoms with Crippen LogP contribution in [0.5, 0.6) is 0 Å². The second kappa shape index (κ2) is 8.71. The Hall–Kier alpha value is -2.13. The van der Waals surface area contributed by atoms with E-state index < -0.39 is 5.76 Å². The minimum atomic E-state index is -2.56. The number of aromatic nitrogens is 3. The molecule has 0 unspecified atom stereocenters. The van der Waals surface area contributed by atoms with Crippen LogP contribution in [0.15, 0.2) is 29.4 Å². The normalized spacial score (nSPS) is 11.3. The maximum atomic E-state index is 12.4. The van der Waals surface area contributed by atoms with Gasteiger partial charge in [-0.2, -0.15) is 8.78 Å². The van der Waals surface area contributed by atoms with E-state index in [4.69, 9.17) is 4.74 Å². The molecule has 0 amide bonds. The number of esters is 1. The molecule has 0 aliphatic rings. The number of para-hydroxylation sites is 1. The van der Waals surface area contributed by atoms with Crippen molar-refractivity contribution in [1.29, 1.82) is 0 Å². The quantitative estimate of drug-likeness (QED) is 0.320. The number of thioether (sulfide) groups is 1. The Morgan fingerprint density at radius 1 is 1.19 bits per heavy atom. The summed E-state index contributed by atoms with van der Waals surface area (Å²) in [5.41, 5.74) is 2.87. The molecule has 0 aliphatic heterocycles. The highest BCUT2D eigenvalue weighted by Crippen LogP contribution is 2.24. The molecule has 1 aromatic carbocycles. The van der Waals surface area contributed by atoms with Crippen molar-refractivity contribution < 1.29 is 18.3 Å². The fourth-order valence-corrected chi connectivity index (χ4v) is 4.05. The van der Waals surface area contributed by atoms with Crippen molar-refractivity contribution in [1.82, 2.24) is 15.0 Å². The largest absolute Gasteiger partial charge is 0.458 e. The smallest absolute Gasteiger partial charge is 0.306 e. The lowest BCUT2D eigenvalue weighted by Gasteiger charge is -2.10. The van der Waals surface area contributed by atoms with Gasteiger partial charge in [0.1, 0.15) is 11.6 Å². The molecule has 5 nitrogen and oxygen atoms in total. The molecule has 0 radical (unpaired) electrons. The molecule has 9 heteroatoms. The van der Waals surface area contributed by atoms with E-state index in [0.29, 0.717) is 29.6 Å². The average Bonchev–Trinajstić information content (AvgIpc) is 3.01. The Balaban J connectivity index is 1.55. The molecule has 2 aromatic heterocycles. The van der Waals surface area contributed by atoms with Gasteiger partial charge in [0.2, 0.25) is 0 Å². The third-order valence-corrected chi connectivity index (χ3v) is 5.45. The zero-order valence-electron chi connectivity index (χ0n) is 14.7. The number of fused-ring (bicyclic) bond motifs is 1. The van der Waals surface area contributed by atoms with Gasteiger partial charge in [-0.25, -0.2) is 15.0 Å². The van der Waals surface area contributed by atoms with E-state index in [1.165, 1.54) is 11.3 Å².